The van der Waals surface area contributed by atoms with Crippen LogP contribution in [0.4, 0.5) is 4.39 Å². The summed E-state index contributed by atoms with van der Waals surface area (Å²) in [7, 11) is 0. The van der Waals surface area contributed by atoms with E-state index in [4.69, 9.17) is 23.2 Å². The highest BCUT2D eigenvalue weighted by Crippen LogP contribution is 2.33. The number of rotatable bonds is 3. The Hall–Kier alpha value is -0.570. The molecular formula is C15H12BrCl2F. The van der Waals surface area contributed by atoms with E-state index in [0.29, 0.717) is 21.5 Å². The third kappa shape index (κ3) is 3.71. The molecule has 2 aromatic carbocycles. The predicted molar refractivity (Wildman–Crippen MR) is 82.6 cm³/mol. The SMILES string of the molecule is Cc1cccc(CC(Cl)c2cc(Cl)c(Br)cc2F)c1. The molecule has 1 unspecified atom stereocenters. The molecule has 0 saturated heterocycles. The summed E-state index contributed by atoms with van der Waals surface area (Å²) in [6, 6.07) is 11.0. The van der Waals surface area contributed by atoms with Gasteiger partial charge in [-0.15, -0.1) is 11.6 Å². The summed E-state index contributed by atoms with van der Waals surface area (Å²) in [5.41, 5.74) is 2.67. The average Bonchev–Trinajstić information content (AvgIpc) is 2.33. The van der Waals surface area contributed by atoms with Crippen molar-refractivity contribution in [1.29, 1.82) is 0 Å². The molecule has 0 saturated carbocycles. The van der Waals surface area contributed by atoms with Crippen LogP contribution in [0.15, 0.2) is 40.9 Å². The largest absolute Gasteiger partial charge is 0.207 e. The van der Waals surface area contributed by atoms with Crippen LogP contribution < -0.4 is 0 Å². The Morgan fingerprint density at radius 1 is 1.26 bits per heavy atom. The maximum atomic E-state index is 13.9. The van der Waals surface area contributed by atoms with E-state index in [-0.39, 0.29) is 5.82 Å². The Bertz CT molecular complexity index is 599. The van der Waals surface area contributed by atoms with Crippen LogP contribution >= 0.6 is 39.1 Å². The van der Waals surface area contributed by atoms with Crippen molar-refractivity contribution < 1.29 is 4.39 Å². The number of hydrogen-bond acceptors (Lipinski definition) is 0. The van der Waals surface area contributed by atoms with E-state index in [9.17, 15) is 4.39 Å². The molecule has 0 aliphatic carbocycles. The summed E-state index contributed by atoms with van der Waals surface area (Å²) in [6.07, 6.45) is 0.568. The summed E-state index contributed by atoms with van der Waals surface area (Å²) in [6.45, 7) is 2.02. The molecule has 2 aromatic rings. The first-order valence-electron chi connectivity index (χ1n) is 5.81. The van der Waals surface area contributed by atoms with Crippen molar-refractivity contribution >= 4 is 39.1 Å². The fourth-order valence-corrected chi connectivity index (χ4v) is 2.77. The van der Waals surface area contributed by atoms with Gasteiger partial charge < -0.3 is 0 Å². The van der Waals surface area contributed by atoms with E-state index >= 15 is 0 Å². The van der Waals surface area contributed by atoms with Crippen LogP contribution in [-0.2, 0) is 6.42 Å². The van der Waals surface area contributed by atoms with E-state index < -0.39 is 5.38 Å². The smallest absolute Gasteiger partial charge is 0.129 e. The molecule has 100 valence electrons. The average molecular weight is 362 g/mol. The normalized spacial score (nSPS) is 12.5. The van der Waals surface area contributed by atoms with Crippen molar-refractivity contribution in [2.75, 3.05) is 0 Å². The molecule has 0 nitrogen and oxygen atoms in total. The summed E-state index contributed by atoms with van der Waals surface area (Å²) >= 11 is 15.5. The minimum absolute atomic E-state index is 0.344. The van der Waals surface area contributed by atoms with Gasteiger partial charge in [-0.05, 0) is 47.0 Å². The Kier molecular flexibility index (Phi) is 4.88. The lowest BCUT2D eigenvalue weighted by Gasteiger charge is -2.12. The molecule has 2 rings (SSSR count). The first-order chi connectivity index (χ1) is 8.97. The molecular weight excluding hydrogens is 350 g/mol. The van der Waals surface area contributed by atoms with Crippen LogP contribution in [0.1, 0.15) is 22.1 Å². The lowest BCUT2D eigenvalue weighted by Crippen LogP contribution is -2.00. The highest BCUT2D eigenvalue weighted by Gasteiger charge is 2.16. The van der Waals surface area contributed by atoms with E-state index in [1.807, 2.05) is 31.2 Å². The minimum atomic E-state index is -0.438. The maximum Gasteiger partial charge on any atom is 0.129 e. The second-order valence-electron chi connectivity index (χ2n) is 4.45. The van der Waals surface area contributed by atoms with Crippen LogP contribution in [0.5, 0.6) is 0 Å². The van der Waals surface area contributed by atoms with Crippen LogP contribution in [0.2, 0.25) is 5.02 Å². The predicted octanol–water partition coefficient (Wildman–Crippen LogP) is 6.07. The van der Waals surface area contributed by atoms with Crippen molar-refractivity contribution in [3.8, 4) is 0 Å². The lowest BCUT2D eigenvalue weighted by molar-refractivity contribution is 0.605. The van der Waals surface area contributed by atoms with Gasteiger partial charge in [0.05, 0.1) is 10.4 Å². The molecule has 0 fully saturated rings. The number of hydrogen-bond donors (Lipinski definition) is 0. The van der Waals surface area contributed by atoms with Crippen LogP contribution in [-0.4, -0.2) is 0 Å². The standard InChI is InChI=1S/C15H12BrCl2F/c1-9-3-2-4-10(5-9)6-13(17)11-7-14(18)12(16)8-15(11)19/h2-5,7-8,13H,6H2,1H3. The van der Waals surface area contributed by atoms with Gasteiger partial charge in [-0.1, -0.05) is 41.4 Å². The number of halogens is 4. The van der Waals surface area contributed by atoms with Crippen LogP contribution in [0.3, 0.4) is 0 Å². The molecule has 0 bridgehead atoms. The summed E-state index contributed by atoms with van der Waals surface area (Å²) in [5.74, 6) is -0.344. The molecule has 0 radical (unpaired) electrons. The Labute approximate surface area is 130 Å². The lowest BCUT2D eigenvalue weighted by atomic mass is 10.0. The van der Waals surface area contributed by atoms with Crippen molar-refractivity contribution in [3.05, 3.63) is 68.4 Å². The fourth-order valence-electron chi connectivity index (χ4n) is 1.93. The van der Waals surface area contributed by atoms with Gasteiger partial charge in [-0.25, -0.2) is 4.39 Å². The van der Waals surface area contributed by atoms with E-state index in [1.54, 1.807) is 6.07 Å². The van der Waals surface area contributed by atoms with E-state index in [0.717, 1.165) is 11.1 Å². The molecule has 0 amide bonds. The number of alkyl halides is 1. The summed E-state index contributed by atoms with van der Waals surface area (Å²) in [5, 5.41) is 0.0266. The van der Waals surface area contributed by atoms with Crippen LogP contribution in [0, 0.1) is 12.7 Å². The number of benzene rings is 2. The second-order valence-corrected chi connectivity index (χ2v) is 6.24. The first-order valence-corrected chi connectivity index (χ1v) is 7.42. The quantitative estimate of drug-likeness (QED) is 0.459. The van der Waals surface area contributed by atoms with Gasteiger partial charge in [0.25, 0.3) is 0 Å². The zero-order valence-electron chi connectivity index (χ0n) is 10.3. The van der Waals surface area contributed by atoms with Crippen molar-refractivity contribution in [3.63, 3.8) is 0 Å². The van der Waals surface area contributed by atoms with Crippen molar-refractivity contribution in [2.24, 2.45) is 0 Å². The van der Waals surface area contributed by atoms with Gasteiger partial charge in [0.15, 0.2) is 0 Å². The molecule has 0 heterocycles. The topological polar surface area (TPSA) is 0 Å². The molecule has 0 aromatic heterocycles. The molecule has 0 spiro atoms. The molecule has 19 heavy (non-hydrogen) atoms. The van der Waals surface area contributed by atoms with Gasteiger partial charge in [-0.3, -0.25) is 0 Å². The van der Waals surface area contributed by atoms with Gasteiger partial charge in [0.1, 0.15) is 5.82 Å². The highest BCUT2D eigenvalue weighted by atomic mass is 79.9. The second kappa shape index (κ2) is 6.25. The van der Waals surface area contributed by atoms with Crippen molar-refractivity contribution in [1.82, 2.24) is 0 Å². The Balaban J connectivity index is 2.25. The van der Waals surface area contributed by atoms with Gasteiger partial charge in [0.2, 0.25) is 0 Å². The van der Waals surface area contributed by atoms with Gasteiger partial charge >= 0.3 is 0 Å². The van der Waals surface area contributed by atoms with Crippen molar-refractivity contribution in [2.45, 2.75) is 18.7 Å². The maximum absolute atomic E-state index is 13.9. The minimum Gasteiger partial charge on any atom is -0.207 e. The highest BCUT2D eigenvalue weighted by molar-refractivity contribution is 9.10. The first kappa shape index (κ1) is 14.8. The monoisotopic (exact) mass is 360 g/mol. The summed E-state index contributed by atoms with van der Waals surface area (Å²) in [4.78, 5) is 0. The third-order valence-electron chi connectivity index (χ3n) is 2.87. The zero-order chi connectivity index (χ0) is 14.0. The van der Waals surface area contributed by atoms with Gasteiger partial charge in [0, 0.05) is 10.0 Å². The Morgan fingerprint density at radius 3 is 2.68 bits per heavy atom. The van der Waals surface area contributed by atoms with E-state index in [1.165, 1.54) is 6.07 Å². The number of aryl methyl sites for hydroxylation is 1. The fraction of sp³-hybridized carbons (Fsp3) is 0.200. The molecule has 1 atom stereocenters. The zero-order valence-corrected chi connectivity index (χ0v) is 13.4. The third-order valence-corrected chi connectivity index (χ3v) is 4.46. The van der Waals surface area contributed by atoms with E-state index in [2.05, 4.69) is 15.9 Å². The molecule has 0 N–H and O–H groups in total. The summed E-state index contributed by atoms with van der Waals surface area (Å²) < 4.78 is 14.4. The molecule has 0 aliphatic rings. The Morgan fingerprint density at radius 2 is 2.00 bits per heavy atom. The molecule has 4 heteroatoms. The van der Waals surface area contributed by atoms with Gasteiger partial charge in [-0.2, -0.15) is 0 Å². The van der Waals surface area contributed by atoms with Crippen LogP contribution in [0.25, 0.3) is 0 Å². The molecule has 0 aliphatic heterocycles.